The number of rotatable bonds is 6. The minimum Gasteiger partial charge on any atom is -0.466 e. The molecule has 0 saturated carbocycles. The highest BCUT2D eigenvalue weighted by atomic mass is 16.5. The molecule has 1 aromatic rings. The van der Waals surface area contributed by atoms with Gasteiger partial charge in [-0.15, -0.1) is 0 Å². The van der Waals surface area contributed by atoms with E-state index in [1.165, 1.54) is 5.56 Å². The second-order valence-electron chi connectivity index (χ2n) is 3.85. The number of Topliss-reactive ketones (excluding diaryl/α,β-unsaturated/α-hetero) is 1. The van der Waals surface area contributed by atoms with E-state index in [0.717, 1.165) is 12.8 Å². The van der Waals surface area contributed by atoms with Crippen molar-refractivity contribution in [1.29, 1.82) is 0 Å². The lowest BCUT2D eigenvalue weighted by Crippen LogP contribution is -2.11. The first-order valence-electron chi connectivity index (χ1n) is 5.95. The molecule has 0 aliphatic heterocycles. The maximum atomic E-state index is 11.7. The number of hydrogen-bond donors (Lipinski definition) is 0. The molecule has 0 N–H and O–H groups in total. The molecule has 0 heterocycles. The van der Waals surface area contributed by atoms with Crippen molar-refractivity contribution in [2.24, 2.45) is 0 Å². The van der Waals surface area contributed by atoms with E-state index < -0.39 is 5.97 Å². The van der Waals surface area contributed by atoms with E-state index in [4.69, 9.17) is 4.74 Å². The van der Waals surface area contributed by atoms with E-state index in [0.29, 0.717) is 12.2 Å². The smallest absolute Gasteiger partial charge is 0.313 e. The Hall–Kier alpha value is -1.64. The van der Waals surface area contributed by atoms with Gasteiger partial charge in [0.15, 0.2) is 5.78 Å². The lowest BCUT2D eigenvalue weighted by Gasteiger charge is -2.03. The van der Waals surface area contributed by atoms with E-state index in [9.17, 15) is 9.59 Å². The van der Waals surface area contributed by atoms with Crippen molar-refractivity contribution in [2.75, 3.05) is 6.61 Å². The van der Waals surface area contributed by atoms with Gasteiger partial charge in [-0.2, -0.15) is 0 Å². The van der Waals surface area contributed by atoms with Gasteiger partial charge in [-0.25, -0.2) is 0 Å². The number of benzene rings is 1. The summed E-state index contributed by atoms with van der Waals surface area (Å²) in [6.07, 6.45) is 1.91. The molecule has 0 saturated heterocycles. The van der Waals surface area contributed by atoms with Crippen molar-refractivity contribution in [3.05, 3.63) is 35.4 Å². The second-order valence-corrected chi connectivity index (χ2v) is 3.85. The molecule has 0 amide bonds. The largest absolute Gasteiger partial charge is 0.466 e. The van der Waals surface area contributed by atoms with Crippen LogP contribution in [0.15, 0.2) is 24.3 Å². The lowest BCUT2D eigenvalue weighted by atomic mass is 10.0. The summed E-state index contributed by atoms with van der Waals surface area (Å²) >= 11 is 0. The molecule has 1 aromatic carbocycles. The Bertz CT molecular complexity index is 379. The average Bonchev–Trinajstić information content (AvgIpc) is 2.30. The second kappa shape index (κ2) is 6.84. The summed E-state index contributed by atoms with van der Waals surface area (Å²) in [5.74, 6) is -0.651. The maximum absolute atomic E-state index is 11.7. The Morgan fingerprint density at radius 3 is 2.29 bits per heavy atom. The van der Waals surface area contributed by atoms with Crippen LogP contribution >= 0.6 is 0 Å². The number of esters is 1. The predicted octanol–water partition coefficient (Wildman–Crippen LogP) is 2.78. The summed E-state index contributed by atoms with van der Waals surface area (Å²) in [5, 5.41) is 0. The van der Waals surface area contributed by atoms with Gasteiger partial charge in [-0.05, 0) is 18.9 Å². The molecule has 92 valence electrons. The summed E-state index contributed by atoms with van der Waals surface area (Å²) in [6.45, 7) is 4.14. The maximum Gasteiger partial charge on any atom is 0.313 e. The van der Waals surface area contributed by atoms with Crippen LogP contribution in [-0.4, -0.2) is 18.4 Å². The fraction of sp³-hybridized carbons (Fsp3) is 0.429. The molecule has 0 spiro atoms. The highest BCUT2D eigenvalue weighted by molar-refractivity contribution is 6.05. The zero-order valence-corrected chi connectivity index (χ0v) is 10.4. The van der Waals surface area contributed by atoms with E-state index in [1.54, 1.807) is 19.1 Å². The number of carbonyl (C=O) groups is 2. The van der Waals surface area contributed by atoms with Gasteiger partial charge in [0.05, 0.1) is 6.61 Å². The van der Waals surface area contributed by atoms with Crippen LogP contribution in [-0.2, 0) is 16.0 Å². The molecule has 0 aromatic heterocycles. The van der Waals surface area contributed by atoms with Crippen LogP contribution in [0, 0.1) is 0 Å². The van der Waals surface area contributed by atoms with Gasteiger partial charge in [-0.1, -0.05) is 37.6 Å². The van der Waals surface area contributed by atoms with Crippen molar-refractivity contribution in [3.8, 4) is 0 Å². The van der Waals surface area contributed by atoms with Gasteiger partial charge in [0.2, 0.25) is 0 Å². The van der Waals surface area contributed by atoms with Crippen LogP contribution < -0.4 is 0 Å². The summed E-state index contributed by atoms with van der Waals surface area (Å²) < 4.78 is 4.74. The highest BCUT2D eigenvalue weighted by Gasteiger charge is 2.12. The molecule has 17 heavy (non-hydrogen) atoms. The molecule has 0 bridgehead atoms. The Morgan fingerprint density at radius 1 is 1.12 bits per heavy atom. The molecule has 0 aliphatic carbocycles. The summed E-state index contributed by atoms with van der Waals surface area (Å²) in [4.78, 5) is 22.9. The van der Waals surface area contributed by atoms with Crippen LogP contribution in [0.4, 0.5) is 0 Å². The van der Waals surface area contributed by atoms with Crippen LogP contribution in [0.2, 0.25) is 0 Å². The average molecular weight is 234 g/mol. The van der Waals surface area contributed by atoms with Crippen LogP contribution in [0.3, 0.4) is 0 Å². The topological polar surface area (TPSA) is 43.4 Å². The molecular weight excluding hydrogens is 216 g/mol. The molecular formula is C14H18O3. The number of ketones is 1. The Balaban J connectivity index is 2.60. The number of aryl methyl sites for hydroxylation is 1. The number of ether oxygens (including phenoxy) is 1. The van der Waals surface area contributed by atoms with E-state index in [2.05, 4.69) is 6.92 Å². The predicted molar refractivity (Wildman–Crippen MR) is 66.0 cm³/mol. The standard InChI is InChI=1S/C14H18O3/c1-3-5-11-6-8-12(9-7-11)13(15)10-14(16)17-4-2/h6-9H,3-5,10H2,1-2H3. The molecule has 3 nitrogen and oxygen atoms in total. The van der Waals surface area contributed by atoms with Gasteiger partial charge in [-0.3, -0.25) is 9.59 Å². The van der Waals surface area contributed by atoms with Crippen molar-refractivity contribution in [3.63, 3.8) is 0 Å². The number of carbonyl (C=O) groups excluding carboxylic acids is 2. The quantitative estimate of drug-likeness (QED) is 0.432. The number of hydrogen-bond acceptors (Lipinski definition) is 3. The Labute approximate surface area is 102 Å². The minimum absolute atomic E-state index is 0.180. The van der Waals surface area contributed by atoms with Crippen LogP contribution in [0.5, 0.6) is 0 Å². The molecule has 0 unspecified atom stereocenters. The zero-order valence-electron chi connectivity index (χ0n) is 10.4. The normalized spacial score (nSPS) is 10.0. The Kier molecular flexibility index (Phi) is 5.40. The van der Waals surface area contributed by atoms with Crippen molar-refractivity contribution >= 4 is 11.8 Å². The SMILES string of the molecule is CCCc1ccc(C(=O)CC(=O)OCC)cc1. The Morgan fingerprint density at radius 2 is 1.76 bits per heavy atom. The lowest BCUT2D eigenvalue weighted by molar-refractivity contribution is -0.141. The third-order valence-corrected chi connectivity index (χ3v) is 2.42. The zero-order chi connectivity index (χ0) is 12.7. The molecule has 0 aliphatic rings. The molecule has 0 radical (unpaired) electrons. The molecule has 0 atom stereocenters. The van der Waals surface area contributed by atoms with E-state index in [1.807, 2.05) is 12.1 Å². The van der Waals surface area contributed by atoms with Crippen molar-refractivity contribution in [2.45, 2.75) is 33.1 Å². The first-order valence-corrected chi connectivity index (χ1v) is 5.95. The third kappa shape index (κ3) is 4.39. The van der Waals surface area contributed by atoms with E-state index >= 15 is 0 Å². The fourth-order valence-corrected chi connectivity index (χ4v) is 1.59. The van der Waals surface area contributed by atoms with Gasteiger partial charge in [0.25, 0.3) is 0 Å². The monoisotopic (exact) mass is 234 g/mol. The molecule has 0 fully saturated rings. The fourth-order valence-electron chi connectivity index (χ4n) is 1.59. The van der Waals surface area contributed by atoms with E-state index in [-0.39, 0.29) is 12.2 Å². The highest BCUT2D eigenvalue weighted by Crippen LogP contribution is 2.09. The van der Waals surface area contributed by atoms with Crippen molar-refractivity contribution in [1.82, 2.24) is 0 Å². The molecule has 3 heteroatoms. The van der Waals surface area contributed by atoms with Gasteiger partial charge >= 0.3 is 5.97 Å². The summed E-state index contributed by atoms with van der Waals surface area (Å²) in [6, 6.07) is 7.41. The van der Waals surface area contributed by atoms with Gasteiger partial charge in [0, 0.05) is 5.56 Å². The van der Waals surface area contributed by atoms with Gasteiger partial charge < -0.3 is 4.74 Å². The van der Waals surface area contributed by atoms with Crippen LogP contribution in [0.25, 0.3) is 0 Å². The minimum atomic E-state index is -0.463. The summed E-state index contributed by atoms with van der Waals surface area (Å²) in [7, 11) is 0. The first kappa shape index (κ1) is 13.4. The van der Waals surface area contributed by atoms with Gasteiger partial charge in [0.1, 0.15) is 6.42 Å². The summed E-state index contributed by atoms with van der Waals surface area (Å²) in [5.41, 5.74) is 1.78. The molecule has 1 rings (SSSR count). The first-order chi connectivity index (χ1) is 8.17. The van der Waals surface area contributed by atoms with Crippen molar-refractivity contribution < 1.29 is 14.3 Å². The third-order valence-electron chi connectivity index (χ3n) is 2.42. The van der Waals surface area contributed by atoms with Crippen LogP contribution in [0.1, 0.15) is 42.6 Å².